The second-order valence-corrected chi connectivity index (χ2v) is 4.59. The Morgan fingerprint density at radius 3 is 2.43 bits per heavy atom. The Labute approximate surface area is 119 Å². The maximum Gasteiger partial charge on any atom is 0.422 e. The highest BCUT2D eigenvalue weighted by Gasteiger charge is 2.28. The summed E-state index contributed by atoms with van der Waals surface area (Å²) in [5, 5.41) is 0. The second-order valence-electron chi connectivity index (χ2n) is 4.59. The molecule has 112 valence electrons. The average molecular weight is 299 g/mol. The molecule has 2 aromatic carbocycles. The molecule has 21 heavy (non-hydrogen) atoms. The molecule has 0 bridgehead atoms. The van der Waals surface area contributed by atoms with Crippen LogP contribution in [0.15, 0.2) is 36.4 Å². The lowest BCUT2D eigenvalue weighted by Gasteiger charge is -2.12. The fraction of sp³-hybridized carbons (Fsp3) is 0.200. The van der Waals surface area contributed by atoms with Crippen molar-refractivity contribution in [1.29, 1.82) is 0 Å². The molecule has 6 heteroatoms. The van der Waals surface area contributed by atoms with Gasteiger partial charge >= 0.3 is 6.18 Å². The van der Waals surface area contributed by atoms with Gasteiger partial charge in [-0.1, -0.05) is 18.2 Å². The number of rotatable bonds is 3. The molecular weight excluding hydrogens is 286 g/mol. The third kappa shape index (κ3) is 3.65. The van der Waals surface area contributed by atoms with Crippen LogP contribution in [0.1, 0.15) is 5.56 Å². The zero-order valence-corrected chi connectivity index (χ0v) is 11.2. The minimum absolute atomic E-state index is 0.0124. The molecular formula is C15H13F4NO. The van der Waals surface area contributed by atoms with E-state index >= 15 is 0 Å². The van der Waals surface area contributed by atoms with Gasteiger partial charge in [-0.15, -0.1) is 0 Å². The van der Waals surface area contributed by atoms with E-state index in [4.69, 9.17) is 5.73 Å². The monoisotopic (exact) mass is 299 g/mol. The van der Waals surface area contributed by atoms with Crippen LogP contribution in [0.25, 0.3) is 11.1 Å². The molecule has 0 atom stereocenters. The Kier molecular flexibility index (Phi) is 4.06. The largest absolute Gasteiger partial charge is 0.484 e. The molecule has 0 heterocycles. The van der Waals surface area contributed by atoms with Crippen molar-refractivity contribution in [3.63, 3.8) is 0 Å². The molecule has 2 rings (SSSR count). The molecule has 0 unspecified atom stereocenters. The number of benzene rings is 2. The van der Waals surface area contributed by atoms with Gasteiger partial charge in [0.25, 0.3) is 0 Å². The molecule has 0 aliphatic heterocycles. The first-order chi connectivity index (χ1) is 9.78. The zero-order chi connectivity index (χ0) is 15.6. The molecule has 0 saturated carbocycles. The molecule has 0 fully saturated rings. The van der Waals surface area contributed by atoms with Gasteiger partial charge in [-0.3, -0.25) is 0 Å². The zero-order valence-electron chi connectivity index (χ0n) is 11.2. The van der Waals surface area contributed by atoms with Crippen LogP contribution in [-0.2, 0) is 0 Å². The number of nitrogen functional groups attached to an aromatic ring is 1. The van der Waals surface area contributed by atoms with Gasteiger partial charge in [0.05, 0.1) is 0 Å². The minimum atomic E-state index is -4.42. The Balaban J connectivity index is 2.29. The van der Waals surface area contributed by atoms with Crippen LogP contribution >= 0.6 is 0 Å². The summed E-state index contributed by atoms with van der Waals surface area (Å²) in [5.41, 5.74) is 7.11. The van der Waals surface area contributed by atoms with Gasteiger partial charge in [-0.05, 0) is 24.6 Å². The minimum Gasteiger partial charge on any atom is -0.484 e. The van der Waals surface area contributed by atoms with Gasteiger partial charge in [-0.2, -0.15) is 13.2 Å². The van der Waals surface area contributed by atoms with Crippen molar-refractivity contribution in [2.75, 3.05) is 12.3 Å². The third-order valence-corrected chi connectivity index (χ3v) is 2.91. The van der Waals surface area contributed by atoms with Crippen molar-refractivity contribution < 1.29 is 22.3 Å². The first kappa shape index (κ1) is 15.2. The summed E-state index contributed by atoms with van der Waals surface area (Å²) < 4.78 is 54.9. The Morgan fingerprint density at radius 2 is 1.81 bits per heavy atom. The van der Waals surface area contributed by atoms with E-state index in [1.54, 1.807) is 25.1 Å². The topological polar surface area (TPSA) is 35.2 Å². The summed E-state index contributed by atoms with van der Waals surface area (Å²) in [5.74, 6) is -0.421. The average Bonchev–Trinajstić information content (AvgIpc) is 2.39. The second kappa shape index (κ2) is 5.63. The van der Waals surface area contributed by atoms with Crippen molar-refractivity contribution in [3.8, 4) is 16.9 Å². The van der Waals surface area contributed by atoms with E-state index in [1.807, 2.05) is 0 Å². The van der Waals surface area contributed by atoms with E-state index in [0.717, 1.165) is 0 Å². The first-order valence-electron chi connectivity index (χ1n) is 6.12. The predicted octanol–water partition coefficient (Wildman–Crippen LogP) is 4.32. The Hall–Kier alpha value is -2.24. The number of anilines is 1. The van der Waals surface area contributed by atoms with Crippen LogP contribution in [0.2, 0.25) is 0 Å². The molecule has 0 amide bonds. The van der Waals surface area contributed by atoms with Gasteiger partial charge in [0.2, 0.25) is 0 Å². The number of aryl methyl sites for hydroxylation is 1. The SMILES string of the molecule is Cc1cccc(-c2ccc(OCC(F)(F)F)cc2N)c1F. The number of hydrogen-bond acceptors (Lipinski definition) is 2. The molecule has 0 aliphatic carbocycles. The molecule has 2 N–H and O–H groups in total. The van der Waals surface area contributed by atoms with E-state index in [9.17, 15) is 17.6 Å². The normalized spacial score (nSPS) is 11.5. The molecule has 0 spiro atoms. The van der Waals surface area contributed by atoms with E-state index in [-0.39, 0.29) is 11.4 Å². The number of ether oxygens (including phenoxy) is 1. The smallest absolute Gasteiger partial charge is 0.422 e. The van der Waals surface area contributed by atoms with Gasteiger partial charge in [0, 0.05) is 22.9 Å². The third-order valence-electron chi connectivity index (χ3n) is 2.91. The number of hydrogen-bond donors (Lipinski definition) is 1. The first-order valence-corrected chi connectivity index (χ1v) is 6.12. The highest BCUT2D eigenvalue weighted by Crippen LogP contribution is 2.32. The standard InChI is InChI=1S/C15H13F4NO/c1-9-3-2-4-12(14(9)16)11-6-5-10(7-13(11)20)21-8-15(17,18)19/h2-7H,8,20H2,1H3. The molecule has 2 aromatic rings. The highest BCUT2D eigenvalue weighted by atomic mass is 19.4. The highest BCUT2D eigenvalue weighted by molar-refractivity contribution is 5.78. The van der Waals surface area contributed by atoms with Crippen molar-refractivity contribution in [3.05, 3.63) is 47.8 Å². The van der Waals surface area contributed by atoms with Gasteiger partial charge in [-0.25, -0.2) is 4.39 Å². The van der Waals surface area contributed by atoms with E-state index in [0.29, 0.717) is 16.7 Å². The molecule has 2 nitrogen and oxygen atoms in total. The van der Waals surface area contributed by atoms with Crippen molar-refractivity contribution in [2.24, 2.45) is 0 Å². The summed E-state index contributed by atoms with van der Waals surface area (Å²) in [6.07, 6.45) is -4.42. The Morgan fingerprint density at radius 1 is 1.10 bits per heavy atom. The van der Waals surface area contributed by atoms with Crippen LogP contribution in [-0.4, -0.2) is 12.8 Å². The summed E-state index contributed by atoms with van der Waals surface area (Å²) in [7, 11) is 0. The van der Waals surface area contributed by atoms with Crippen molar-refractivity contribution >= 4 is 5.69 Å². The lowest BCUT2D eigenvalue weighted by atomic mass is 10.0. The van der Waals surface area contributed by atoms with Crippen molar-refractivity contribution in [1.82, 2.24) is 0 Å². The number of halogens is 4. The quantitative estimate of drug-likeness (QED) is 0.676. The van der Waals surface area contributed by atoms with Crippen molar-refractivity contribution in [2.45, 2.75) is 13.1 Å². The fourth-order valence-electron chi connectivity index (χ4n) is 1.90. The van der Waals surface area contributed by atoms with E-state index in [1.165, 1.54) is 18.2 Å². The van der Waals surface area contributed by atoms with Crippen LogP contribution in [0.4, 0.5) is 23.2 Å². The Bertz CT molecular complexity index is 653. The molecule has 0 aromatic heterocycles. The summed E-state index contributed by atoms with van der Waals surface area (Å²) in [4.78, 5) is 0. The van der Waals surface area contributed by atoms with E-state index < -0.39 is 18.6 Å². The van der Waals surface area contributed by atoms with Gasteiger partial charge in [0.1, 0.15) is 11.6 Å². The summed E-state index contributed by atoms with van der Waals surface area (Å²) in [6, 6.07) is 8.89. The fourth-order valence-corrected chi connectivity index (χ4v) is 1.90. The maximum absolute atomic E-state index is 14.0. The molecule has 0 saturated heterocycles. The maximum atomic E-state index is 14.0. The van der Waals surface area contributed by atoms with Gasteiger partial charge in [0.15, 0.2) is 6.61 Å². The van der Waals surface area contributed by atoms with E-state index in [2.05, 4.69) is 4.74 Å². The number of nitrogens with two attached hydrogens (primary N) is 1. The van der Waals surface area contributed by atoms with Crippen LogP contribution < -0.4 is 10.5 Å². The summed E-state index contributed by atoms with van der Waals surface area (Å²) >= 11 is 0. The van der Waals surface area contributed by atoms with Gasteiger partial charge < -0.3 is 10.5 Å². The van der Waals surface area contributed by atoms with Crippen LogP contribution in [0.5, 0.6) is 5.75 Å². The predicted molar refractivity (Wildman–Crippen MR) is 72.5 cm³/mol. The lowest BCUT2D eigenvalue weighted by Crippen LogP contribution is -2.19. The summed E-state index contributed by atoms with van der Waals surface area (Å²) in [6.45, 7) is 0.223. The molecule has 0 aliphatic rings. The van der Waals surface area contributed by atoms with Crippen LogP contribution in [0, 0.1) is 12.7 Å². The lowest BCUT2D eigenvalue weighted by molar-refractivity contribution is -0.153. The number of alkyl halides is 3. The molecule has 0 radical (unpaired) electrons. The van der Waals surface area contributed by atoms with Crippen LogP contribution in [0.3, 0.4) is 0 Å².